The third kappa shape index (κ3) is 6.17. The molecule has 1 aromatic heterocycles. The second kappa shape index (κ2) is 10.2. The van der Waals surface area contributed by atoms with Crippen molar-refractivity contribution in [3.63, 3.8) is 0 Å². The van der Waals surface area contributed by atoms with Crippen molar-refractivity contribution in [2.24, 2.45) is 0 Å². The number of aromatic nitrogens is 1. The van der Waals surface area contributed by atoms with Gasteiger partial charge in [-0.05, 0) is 49.9 Å². The quantitative estimate of drug-likeness (QED) is 0.778. The molecule has 1 saturated heterocycles. The average Bonchev–Trinajstić information content (AvgIpc) is 2.76. The summed E-state index contributed by atoms with van der Waals surface area (Å²) in [6, 6.07) is 11.1. The van der Waals surface area contributed by atoms with Crippen LogP contribution in [0.1, 0.15) is 18.5 Å². The molecule has 0 spiro atoms. The van der Waals surface area contributed by atoms with Crippen LogP contribution in [0, 0.1) is 0 Å². The fraction of sp³-hybridized carbons (Fsp3) is 0.455. The Morgan fingerprint density at radius 2 is 1.93 bits per heavy atom. The number of carbonyl (C=O) groups is 1. The summed E-state index contributed by atoms with van der Waals surface area (Å²) in [5, 5.41) is 2.93. The summed E-state index contributed by atoms with van der Waals surface area (Å²) in [6.07, 6.45) is 3.51. The van der Waals surface area contributed by atoms with Crippen molar-refractivity contribution in [2.45, 2.75) is 13.0 Å². The minimum absolute atomic E-state index is 0.0686. The first-order valence-corrected chi connectivity index (χ1v) is 10.1. The molecule has 1 unspecified atom stereocenters. The second-order valence-electron chi connectivity index (χ2n) is 7.52. The van der Waals surface area contributed by atoms with Crippen LogP contribution in [0.5, 0.6) is 5.75 Å². The molecule has 7 nitrogen and oxygen atoms in total. The first-order valence-electron chi connectivity index (χ1n) is 10.1. The Hall–Kier alpha value is -2.64. The van der Waals surface area contributed by atoms with Crippen molar-refractivity contribution in [1.82, 2.24) is 19.7 Å². The monoisotopic (exact) mass is 397 g/mol. The molecule has 1 aliphatic rings. The van der Waals surface area contributed by atoms with Gasteiger partial charge in [-0.3, -0.25) is 9.88 Å². The summed E-state index contributed by atoms with van der Waals surface area (Å²) in [5.41, 5.74) is 1.74. The van der Waals surface area contributed by atoms with Crippen molar-refractivity contribution < 1.29 is 9.53 Å². The average molecular weight is 398 g/mol. The zero-order valence-electron chi connectivity index (χ0n) is 17.5. The van der Waals surface area contributed by atoms with Crippen LogP contribution in [0.2, 0.25) is 0 Å². The van der Waals surface area contributed by atoms with Crippen LogP contribution in [0.3, 0.4) is 0 Å². The van der Waals surface area contributed by atoms with Crippen molar-refractivity contribution in [2.75, 3.05) is 58.7 Å². The molecule has 1 N–H and O–H groups in total. The number of pyridine rings is 1. The smallest absolute Gasteiger partial charge is 0.322 e. The fourth-order valence-corrected chi connectivity index (χ4v) is 3.23. The minimum atomic E-state index is -0.162. The van der Waals surface area contributed by atoms with E-state index in [4.69, 9.17) is 4.74 Å². The molecule has 2 aromatic rings. The van der Waals surface area contributed by atoms with Crippen LogP contribution >= 0.6 is 0 Å². The fourth-order valence-electron chi connectivity index (χ4n) is 3.23. The highest BCUT2D eigenvalue weighted by molar-refractivity contribution is 5.89. The molecule has 1 aromatic carbocycles. The second-order valence-corrected chi connectivity index (χ2v) is 7.52. The number of amides is 2. The topological polar surface area (TPSA) is 60.9 Å². The lowest BCUT2D eigenvalue weighted by Crippen LogP contribution is -2.45. The maximum absolute atomic E-state index is 12.5. The van der Waals surface area contributed by atoms with Crippen molar-refractivity contribution in [3.8, 4) is 5.75 Å². The molecule has 2 amide bonds. The van der Waals surface area contributed by atoms with Crippen molar-refractivity contribution in [3.05, 3.63) is 54.4 Å². The number of benzene rings is 1. The third-order valence-electron chi connectivity index (χ3n) is 5.45. The Kier molecular flexibility index (Phi) is 7.43. The maximum Gasteiger partial charge on any atom is 0.322 e. The molecule has 0 bridgehead atoms. The molecule has 1 aliphatic heterocycles. The van der Waals surface area contributed by atoms with E-state index in [1.165, 1.54) is 0 Å². The molecular formula is C22H31N5O2. The van der Waals surface area contributed by atoms with Gasteiger partial charge < -0.3 is 19.9 Å². The van der Waals surface area contributed by atoms with E-state index >= 15 is 0 Å². The lowest BCUT2D eigenvalue weighted by molar-refractivity contribution is 0.134. The molecule has 0 saturated carbocycles. The van der Waals surface area contributed by atoms with Crippen LogP contribution in [0.15, 0.2) is 48.8 Å². The summed E-state index contributed by atoms with van der Waals surface area (Å²) in [7, 11) is 3.94. The van der Waals surface area contributed by atoms with Crippen LogP contribution in [0.4, 0.5) is 10.5 Å². The van der Waals surface area contributed by atoms with Gasteiger partial charge >= 0.3 is 6.03 Å². The van der Waals surface area contributed by atoms with Gasteiger partial charge in [0.25, 0.3) is 0 Å². The third-order valence-corrected chi connectivity index (χ3v) is 5.45. The summed E-state index contributed by atoms with van der Waals surface area (Å²) in [5.74, 6) is 0.814. The summed E-state index contributed by atoms with van der Waals surface area (Å²) >= 11 is 0. The number of anilines is 1. The zero-order chi connectivity index (χ0) is 20.6. The number of rotatable bonds is 7. The lowest BCUT2D eigenvalue weighted by atomic mass is 10.1. The van der Waals surface area contributed by atoms with E-state index in [-0.39, 0.29) is 12.1 Å². The molecule has 7 heteroatoms. The Labute approximate surface area is 173 Å². The number of hydrogen-bond acceptors (Lipinski definition) is 5. The normalized spacial score (nSPS) is 16.2. The highest BCUT2D eigenvalue weighted by atomic mass is 16.5. The van der Waals surface area contributed by atoms with Gasteiger partial charge in [-0.25, -0.2) is 4.79 Å². The molecule has 2 heterocycles. The van der Waals surface area contributed by atoms with E-state index in [1.54, 1.807) is 24.3 Å². The van der Waals surface area contributed by atoms with E-state index < -0.39 is 0 Å². The van der Waals surface area contributed by atoms with Gasteiger partial charge in [0.1, 0.15) is 12.4 Å². The largest absolute Gasteiger partial charge is 0.492 e. The Morgan fingerprint density at radius 1 is 1.21 bits per heavy atom. The highest BCUT2D eigenvalue weighted by Crippen LogP contribution is 2.20. The molecule has 29 heavy (non-hydrogen) atoms. The van der Waals surface area contributed by atoms with Gasteiger partial charge in [-0.2, -0.15) is 0 Å². The van der Waals surface area contributed by atoms with Crippen LogP contribution < -0.4 is 10.1 Å². The molecule has 0 aliphatic carbocycles. The van der Waals surface area contributed by atoms with Crippen molar-refractivity contribution in [1.29, 1.82) is 0 Å². The molecule has 0 radical (unpaired) electrons. The van der Waals surface area contributed by atoms with Gasteiger partial charge in [0.05, 0.1) is 6.04 Å². The SMILES string of the molecule is CC(c1cccnc1)N(C)C(=O)Nc1ccc(OCCN2CCN(C)CC2)cc1. The van der Waals surface area contributed by atoms with Gasteiger partial charge in [0.2, 0.25) is 0 Å². The Morgan fingerprint density at radius 3 is 2.59 bits per heavy atom. The van der Waals surface area contributed by atoms with Gasteiger partial charge in [-0.1, -0.05) is 6.07 Å². The van der Waals surface area contributed by atoms with Gasteiger partial charge in [0, 0.05) is 57.9 Å². The minimum Gasteiger partial charge on any atom is -0.492 e. The van der Waals surface area contributed by atoms with E-state index in [9.17, 15) is 4.79 Å². The number of ether oxygens (including phenoxy) is 1. The van der Waals surface area contributed by atoms with Crippen LogP contribution in [-0.2, 0) is 0 Å². The predicted molar refractivity (Wildman–Crippen MR) is 115 cm³/mol. The number of nitrogens with zero attached hydrogens (tertiary/aromatic N) is 4. The maximum atomic E-state index is 12.5. The number of piperazine rings is 1. The number of carbonyl (C=O) groups excluding carboxylic acids is 1. The van der Waals surface area contributed by atoms with Gasteiger partial charge in [0.15, 0.2) is 0 Å². The molecule has 1 fully saturated rings. The standard InChI is InChI=1S/C22H31N5O2/c1-18(19-5-4-10-23-17-19)26(3)22(28)24-20-6-8-21(9-7-20)29-16-15-27-13-11-25(2)12-14-27/h4-10,17-18H,11-16H2,1-3H3,(H,24,28). The zero-order valence-corrected chi connectivity index (χ0v) is 17.5. The first kappa shape index (κ1) is 21.1. The number of urea groups is 1. The van der Waals surface area contributed by atoms with Crippen molar-refractivity contribution >= 4 is 11.7 Å². The summed E-state index contributed by atoms with van der Waals surface area (Å²) in [4.78, 5) is 23.1. The number of nitrogens with one attached hydrogen (secondary N) is 1. The number of likely N-dealkylation sites (N-methyl/N-ethyl adjacent to an activating group) is 1. The van der Waals surface area contributed by atoms with E-state index in [1.807, 2.05) is 43.3 Å². The van der Waals surface area contributed by atoms with Gasteiger partial charge in [-0.15, -0.1) is 0 Å². The summed E-state index contributed by atoms with van der Waals surface area (Å²) in [6.45, 7) is 7.99. The lowest BCUT2D eigenvalue weighted by Gasteiger charge is -2.32. The highest BCUT2D eigenvalue weighted by Gasteiger charge is 2.17. The Bertz CT molecular complexity index is 761. The molecular weight excluding hydrogens is 366 g/mol. The molecule has 3 rings (SSSR count). The van der Waals surface area contributed by atoms with Crippen LogP contribution in [-0.4, -0.2) is 79.1 Å². The molecule has 1 atom stereocenters. The predicted octanol–water partition coefficient (Wildman–Crippen LogP) is 2.93. The first-order chi connectivity index (χ1) is 14.0. The van der Waals surface area contributed by atoms with Crippen LogP contribution in [0.25, 0.3) is 0 Å². The van der Waals surface area contributed by atoms with E-state index in [2.05, 4.69) is 27.1 Å². The Balaban J connectivity index is 1.44. The number of hydrogen-bond donors (Lipinski definition) is 1. The van der Waals surface area contributed by atoms with E-state index in [0.717, 1.165) is 49.7 Å². The van der Waals surface area contributed by atoms with E-state index in [0.29, 0.717) is 6.61 Å². The summed E-state index contributed by atoms with van der Waals surface area (Å²) < 4.78 is 5.85. The molecule has 156 valence electrons.